The molecule has 102 valence electrons. The number of hydrogen-bond donors (Lipinski definition) is 1. The third-order valence-electron chi connectivity index (χ3n) is 2.63. The lowest BCUT2D eigenvalue weighted by Crippen LogP contribution is -2.27. The second-order valence-corrected chi connectivity index (χ2v) is 3.94. The molecule has 0 bridgehead atoms. The van der Waals surface area contributed by atoms with Crippen LogP contribution in [0.1, 0.15) is 10.4 Å². The Morgan fingerprint density at radius 3 is 2.75 bits per heavy atom. The molecule has 8 heteroatoms. The van der Waals surface area contributed by atoms with E-state index in [-0.39, 0.29) is 11.4 Å². The summed E-state index contributed by atoms with van der Waals surface area (Å²) < 4.78 is 0. The molecule has 0 aliphatic carbocycles. The molecule has 0 spiro atoms. The maximum atomic E-state index is 12.3. The van der Waals surface area contributed by atoms with Crippen LogP contribution in [-0.2, 0) is 0 Å². The van der Waals surface area contributed by atoms with Gasteiger partial charge < -0.3 is 5.73 Å². The van der Waals surface area contributed by atoms with Crippen LogP contribution in [0.4, 0.5) is 17.3 Å². The number of anilines is 2. The molecule has 0 fully saturated rings. The summed E-state index contributed by atoms with van der Waals surface area (Å²) in [6.07, 6.45) is 2.49. The van der Waals surface area contributed by atoms with Crippen molar-refractivity contribution in [1.82, 2.24) is 9.97 Å². The van der Waals surface area contributed by atoms with Crippen molar-refractivity contribution in [3.63, 3.8) is 0 Å². The van der Waals surface area contributed by atoms with Gasteiger partial charge in [0.05, 0.1) is 4.92 Å². The molecule has 0 radical (unpaired) electrons. The van der Waals surface area contributed by atoms with Crippen LogP contribution in [0.2, 0.25) is 0 Å². The van der Waals surface area contributed by atoms with E-state index < -0.39 is 16.5 Å². The first-order valence-corrected chi connectivity index (χ1v) is 5.59. The molecule has 0 unspecified atom stereocenters. The molecule has 0 saturated carbocycles. The van der Waals surface area contributed by atoms with Crippen LogP contribution < -0.4 is 10.6 Å². The van der Waals surface area contributed by atoms with Crippen LogP contribution in [0.15, 0.2) is 36.7 Å². The number of pyridine rings is 2. The fourth-order valence-corrected chi connectivity index (χ4v) is 1.62. The van der Waals surface area contributed by atoms with Gasteiger partial charge in [-0.15, -0.1) is 0 Å². The lowest BCUT2D eigenvalue weighted by molar-refractivity contribution is -0.385. The Morgan fingerprint density at radius 2 is 2.15 bits per heavy atom. The van der Waals surface area contributed by atoms with Gasteiger partial charge in [0.15, 0.2) is 0 Å². The van der Waals surface area contributed by atoms with Crippen molar-refractivity contribution in [1.29, 1.82) is 0 Å². The molecule has 0 aliphatic rings. The standard InChI is InChI=1S/C12H11N5O3/c1-16(11-4-2-3-5-14-11)12(18)8-6-10(13)15-7-9(8)17(19)20/h2-7H,1H3,(H2,13,15). The van der Waals surface area contributed by atoms with E-state index in [1.807, 2.05) is 0 Å². The van der Waals surface area contributed by atoms with Crippen molar-refractivity contribution in [2.75, 3.05) is 17.7 Å². The normalized spacial score (nSPS) is 10.1. The number of nitrogens with zero attached hydrogens (tertiary/aromatic N) is 4. The fraction of sp³-hybridized carbons (Fsp3) is 0.0833. The molecule has 1 amide bonds. The van der Waals surface area contributed by atoms with Crippen LogP contribution in [0, 0.1) is 10.1 Å². The van der Waals surface area contributed by atoms with Gasteiger partial charge in [0.1, 0.15) is 23.4 Å². The number of carbonyl (C=O) groups excluding carboxylic acids is 1. The largest absolute Gasteiger partial charge is 0.384 e. The molecule has 0 aromatic carbocycles. The quantitative estimate of drug-likeness (QED) is 0.664. The minimum absolute atomic E-state index is 0.0355. The summed E-state index contributed by atoms with van der Waals surface area (Å²) in [7, 11) is 1.48. The summed E-state index contributed by atoms with van der Waals surface area (Å²) >= 11 is 0. The van der Waals surface area contributed by atoms with Gasteiger partial charge in [-0.2, -0.15) is 0 Å². The molecule has 0 atom stereocenters. The number of nitrogens with two attached hydrogens (primary N) is 1. The second-order valence-electron chi connectivity index (χ2n) is 3.94. The van der Waals surface area contributed by atoms with Crippen LogP contribution in [-0.4, -0.2) is 27.8 Å². The predicted octanol–water partition coefficient (Wildman–Crippen LogP) is 1.24. The smallest absolute Gasteiger partial charge is 0.300 e. The molecule has 2 aromatic rings. The lowest BCUT2D eigenvalue weighted by Gasteiger charge is -2.15. The van der Waals surface area contributed by atoms with E-state index in [9.17, 15) is 14.9 Å². The van der Waals surface area contributed by atoms with Crippen molar-refractivity contribution in [2.24, 2.45) is 0 Å². The molecular formula is C12H11N5O3. The summed E-state index contributed by atoms with van der Waals surface area (Å²) in [5.74, 6) is -0.167. The third-order valence-corrected chi connectivity index (χ3v) is 2.63. The minimum Gasteiger partial charge on any atom is -0.384 e. The van der Waals surface area contributed by atoms with Gasteiger partial charge in [-0.05, 0) is 18.2 Å². The van der Waals surface area contributed by atoms with E-state index >= 15 is 0 Å². The molecule has 2 rings (SSSR count). The Labute approximate surface area is 114 Å². The molecular weight excluding hydrogens is 262 g/mol. The van der Waals surface area contributed by atoms with E-state index in [1.165, 1.54) is 24.2 Å². The highest BCUT2D eigenvalue weighted by molar-refractivity contribution is 6.08. The lowest BCUT2D eigenvalue weighted by atomic mass is 10.2. The Balaban J connectivity index is 2.43. The van der Waals surface area contributed by atoms with Crippen LogP contribution in [0.3, 0.4) is 0 Å². The first-order chi connectivity index (χ1) is 9.50. The number of aromatic nitrogens is 2. The average molecular weight is 273 g/mol. The molecule has 2 N–H and O–H groups in total. The highest BCUT2D eigenvalue weighted by Gasteiger charge is 2.25. The van der Waals surface area contributed by atoms with Gasteiger partial charge in [0.25, 0.3) is 11.6 Å². The van der Waals surface area contributed by atoms with Crippen molar-refractivity contribution >= 4 is 23.2 Å². The van der Waals surface area contributed by atoms with Crippen molar-refractivity contribution < 1.29 is 9.72 Å². The predicted molar refractivity (Wildman–Crippen MR) is 72.3 cm³/mol. The molecule has 20 heavy (non-hydrogen) atoms. The monoisotopic (exact) mass is 273 g/mol. The molecule has 0 saturated heterocycles. The van der Waals surface area contributed by atoms with Crippen LogP contribution >= 0.6 is 0 Å². The minimum atomic E-state index is -0.675. The molecule has 8 nitrogen and oxygen atoms in total. The zero-order chi connectivity index (χ0) is 14.7. The van der Waals surface area contributed by atoms with Gasteiger partial charge in [-0.25, -0.2) is 9.97 Å². The second kappa shape index (κ2) is 5.31. The number of carbonyl (C=O) groups is 1. The van der Waals surface area contributed by atoms with Gasteiger partial charge in [-0.1, -0.05) is 6.07 Å². The number of rotatable bonds is 3. The van der Waals surface area contributed by atoms with Crippen molar-refractivity contribution in [3.05, 3.63) is 52.3 Å². The zero-order valence-corrected chi connectivity index (χ0v) is 10.6. The molecule has 2 aromatic heterocycles. The van der Waals surface area contributed by atoms with Crippen LogP contribution in [0.5, 0.6) is 0 Å². The summed E-state index contributed by atoms with van der Waals surface area (Å²) in [6, 6.07) is 6.21. The number of hydrogen-bond acceptors (Lipinski definition) is 6. The van der Waals surface area contributed by atoms with Gasteiger partial charge >= 0.3 is 0 Å². The van der Waals surface area contributed by atoms with Gasteiger partial charge in [0, 0.05) is 13.2 Å². The summed E-state index contributed by atoms with van der Waals surface area (Å²) in [4.78, 5) is 31.4. The van der Waals surface area contributed by atoms with Crippen LogP contribution in [0.25, 0.3) is 0 Å². The highest BCUT2D eigenvalue weighted by Crippen LogP contribution is 2.22. The first-order valence-electron chi connectivity index (χ1n) is 5.59. The van der Waals surface area contributed by atoms with Gasteiger partial charge in [-0.3, -0.25) is 19.8 Å². The zero-order valence-electron chi connectivity index (χ0n) is 10.6. The van der Waals surface area contributed by atoms with E-state index in [1.54, 1.807) is 18.2 Å². The Hall–Kier alpha value is -3.03. The number of amides is 1. The topological polar surface area (TPSA) is 115 Å². The Bertz CT molecular complexity index is 659. The summed E-state index contributed by atoms with van der Waals surface area (Å²) in [5.41, 5.74) is 4.96. The molecule has 0 aliphatic heterocycles. The van der Waals surface area contributed by atoms with Crippen molar-refractivity contribution in [3.8, 4) is 0 Å². The summed E-state index contributed by atoms with van der Waals surface area (Å²) in [6.45, 7) is 0. The third kappa shape index (κ3) is 2.53. The van der Waals surface area contributed by atoms with E-state index in [0.717, 1.165) is 6.20 Å². The molecule has 2 heterocycles. The average Bonchev–Trinajstić information content (AvgIpc) is 2.46. The first kappa shape index (κ1) is 13.4. The fourth-order valence-electron chi connectivity index (χ4n) is 1.62. The summed E-state index contributed by atoms with van der Waals surface area (Å²) in [5, 5.41) is 10.9. The van der Waals surface area contributed by atoms with E-state index in [0.29, 0.717) is 5.82 Å². The Kier molecular flexibility index (Phi) is 3.56. The SMILES string of the molecule is CN(C(=O)c1cc(N)ncc1[N+](=O)[O-])c1ccccn1. The maximum Gasteiger partial charge on any atom is 0.300 e. The van der Waals surface area contributed by atoms with Crippen molar-refractivity contribution in [2.45, 2.75) is 0 Å². The van der Waals surface area contributed by atoms with E-state index in [2.05, 4.69) is 9.97 Å². The maximum absolute atomic E-state index is 12.3. The van der Waals surface area contributed by atoms with Gasteiger partial charge in [0.2, 0.25) is 0 Å². The Morgan fingerprint density at radius 1 is 1.40 bits per heavy atom. The highest BCUT2D eigenvalue weighted by atomic mass is 16.6. The number of nitro groups is 1. The van der Waals surface area contributed by atoms with E-state index in [4.69, 9.17) is 5.73 Å². The number of nitrogen functional groups attached to an aromatic ring is 1.